The molecular formula is C20H13N3S. The molecule has 0 radical (unpaired) electrons. The Kier molecular flexibility index (Phi) is 2.18. The number of benzene rings is 3. The van der Waals surface area contributed by atoms with E-state index in [-0.39, 0.29) is 0 Å². The highest BCUT2D eigenvalue weighted by molar-refractivity contribution is 7.26. The van der Waals surface area contributed by atoms with Gasteiger partial charge in [-0.25, -0.2) is 4.98 Å². The van der Waals surface area contributed by atoms with E-state index in [1.165, 1.54) is 36.7 Å². The maximum absolute atomic E-state index is 4.84. The number of para-hydroxylation sites is 2. The minimum absolute atomic E-state index is 0.996. The van der Waals surface area contributed by atoms with Crippen LogP contribution in [0.15, 0.2) is 60.7 Å². The first-order valence-electron chi connectivity index (χ1n) is 7.99. The van der Waals surface area contributed by atoms with E-state index in [1.807, 2.05) is 17.4 Å². The van der Waals surface area contributed by atoms with E-state index in [4.69, 9.17) is 4.98 Å². The average Bonchev–Trinajstić information content (AvgIpc) is 3.25. The van der Waals surface area contributed by atoms with Gasteiger partial charge in [0.15, 0.2) is 0 Å². The van der Waals surface area contributed by atoms with Crippen LogP contribution in [-0.4, -0.2) is 14.0 Å². The van der Waals surface area contributed by atoms with Gasteiger partial charge in [0.05, 0.1) is 26.8 Å². The van der Waals surface area contributed by atoms with Crippen molar-refractivity contribution in [2.45, 2.75) is 0 Å². The van der Waals surface area contributed by atoms with E-state index in [0.717, 1.165) is 11.3 Å². The number of rotatable bonds is 0. The van der Waals surface area contributed by atoms with Gasteiger partial charge in [-0.3, -0.25) is 4.40 Å². The summed E-state index contributed by atoms with van der Waals surface area (Å²) in [6.45, 7) is 0. The van der Waals surface area contributed by atoms with Crippen LogP contribution in [0, 0.1) is 0 Å². The smallest absolute Gasteiger partial charge is 0.215 e. The molecule has 114 valence electrons. The molecule has 4 heteroatoms. The predicted molar refractivity (Wildman–Crippen MR) is 102 cm³/mol. The molecule has 0 amide bonds. The largest absolute Gasteiger partial charge is 0.311 e. The second-order valence-electron chi connectivity index (χ2n) is 6.20. The Bertz CT molecular complexity index is 1410. The third kappa shape index (κ3) is 1.36. The molecular weight excluding hydrogens is 314 g/mol. The van der Waals surface area contributed by atoms with Crippen LogP contribution in [0.5, 0.6) is 0 Å². The lowest BCUT2D eigenvalue weighted by molar-refractivity contribution is 0.977. The normalized spacial score (nSPS) is 12.4. The van der Waals surface area contributed by atoms with Gasteiger partial charge < -0.3 is 4.57 Å². The Morgan fingerprint density at radius 1 is 0.833 bits per heavy atom. The van der Waals surface area contributed by atoms with Gasteiger partial charge in [-0.05, 0) is 24.3 Å². The summed E-state index contributed by atoms with van der Waals surface area (Å²) in [4.78, 5) is 4.84. The Balaban J connectivity index is 1.93. The summed E-state index contributed by atoms with van der Waals surface area (Å²) < 4.78 is 7.18. The number of imidazole rings is 2. The third-order valence-electron chi connectivity index (χ3n) is 4.92. The van der Waals surface area contributed by atoms with Crippen molar-refractivity contribution in [3.8, 4) is 0 Å². The van der Waals surface area contributed by atoms with Gasteiger partial charge in [0.1, 0.15) is 0 Å². The first kappa shape index (κ1) is 12.6. The van der Waals surface area contributed by atoms with Gasteiger partial charge in [0.25, 0.3) is 0 Å². The molecule has 0 spiro atoms. The van der Waals surface area contributed by atoms with Crippen molar-refractivity contribution >= 4 is 59.4 Å². The highest BCUT2D eigenvalue weighted by Crippen LogP contribution is 2.39. The summed E-state index contributed by atoms with van der Waals surface area (Å²) in [5.74, 6) is 0.996. The SMILES string of the molecule is Cn1c2c3sc4ccccc4c3ccc2n2c3ccccc3nc12. The molecule has 3 heterocycles. The topological polar surface area (TPSA) is 22.2 Å². The van der Waals surface area contributed by atoms with Crippen LogP contribution in [0.4, 0.5) is 0 Å². The number of thiophene rings is 1. The monoisotopic (exact) mass is 327 g/mol. The Morgan fingerprint density at radius 3 is 2.62 bits per heavy atom. The Morgan fingerprint density at radius 2 is 1.67 bits per heavy atom. The summed E-state index contributed by atoms with van der Waals surface area (Å²) in [6.07, 6.45) is 0. The first-order chi connectivity index (χ1) is 11.8. The maximum atomic E-state index is 4.84. The number of hydrogen-bond donors (Lipinski definition) is 0. The number of hydrogen-bond acceptors (Lipinski definition) is 2. The van der Waals surface area contributed by atoms with Crippen LogP contribution < -0.4 is 0 Å². The highest BCUT2D eigenvalue weighted by atomic mass is 32.1. The second kappa shape index (κ2) is 4.16. The van der Waals surface area contributed by atoms with E-state index < -0.39 is 0 Å². The van der Waals surface area contributed by atoms with Crippen molar-refractivity contribution in [2.24, 2.45) is 7.05 Å². The lowest BCUT2D eigenvalue weighted by atomic mass is 10.1. The lowest BCUT2D eigenvalue weighted by Crippen LogP contribution is -1.88. The molecule has 0 N–H and O–H groups in total. The van der Waals surface area contributed by atoms with Crippen LogP contribution in [0.1, 0.15) is 0 Å². The van der Waals surface area contributed by atoms with Gasteiger partial charge in [0, 0.05) is 22.5 Å². The third-order valence-corrected chi connectivity index (χ3v) is 6.11. The summed E-state index contributed by atoms with van der Waals surface area (Å²) in [5, 5.41) is 2.67. The Hall–Kier alpha value is -2.85. The minimum atomic E-state index is 0.996. The fourth-order valence-electron chi connectivity index (χ4n) is 3.84. The van der Waals surface area contributed by atoms with Gasteiger partial charge in [-0.15, -0.1) is 11.3 Å². The zero-order valence-corrected chi connectivity index (χ0v) is 13.8. The van der Waals surface area contributed by atoms with Gasteiger partial charge >= 0.3 is 0 Å². The molecule has 0 aliphatic heterocycles. The van der Waals surface area contributed by atoms with Gasteiger partial charge in [0.2, 0.25) is 5.78 Å². The molecule has 6 rings (SSSR count). The zero-order chi connectivity index (χ0) is 15.8. The predicted octanol–water partition coefficient (Wildman–Crippen LogP) is 5.35. The zero-order valence-electron chi connectivity index (χ0n) is 13.0. The first-order valence-corrected chi connectivity index (χ1v) is 8.80. The molecule has 0 atom stereocenters. The van der Waals surface area contributed by atoms with Crippen LogP contribution in [-0.2, 0) is 7.05 Å². The molecule has 3 nitrogen and oxygen atoms in total. The van der Waals surface area contributed by atoms with Gasteiger partial charge in [-0.1, -0.05) is 36.4 Å². The van der Waals surface area contributed by atoms with Crippen molar-refractivity contribution < 1.29 is 0 Å². The molecule has 0 bridgehead atoms. The van der Waals surface area contributed by atoms with Crippen molar-refractivity contribution in [3.05, 3.63) is 60.7 Å². The van der Waals surface area contributed by atoms with Crippen LogP contribution in [0.3, 0.4) is 0 Å². The van der Waals surface area contributed by atoms with E-state index in [2.05, 4.69) is 70.6 Å². The number of nitrogens with zero attached hydrogens (tertiary/aromatic N) is 3. The maximum Gasteiger partial charge on any atom is 0.215 e. The number of aryl methyl sites for hydroxylation is 1. The summed E-state index contributed by atoms with van der Waals surface area (Å²) >= 11 is 1.87. The van der Waals surface area contributed by atoms with Crippen LogP contribution in [0.2, 0.25) is 0 Å². The molecule has 0 fully saturated rings. The molecule has 0 saturated carbocycles. The van der Waals surface area contributed by atoms with E-state index in [0.29, 0.717) is 0 Å². The molecule has 24 heavy (non-hydrogen) atoms. The van der Waals surface area contributed by atoms with E-state index in [9.17, 15) is 0 Å². The quantitative estimate of drug-likeness (QED) is 0.369. The fourth-order valence-corrected chi connectivity index (χ4v) is 5.13. The number of aromatic nitrogens is 3. The molecule has 3 aromatic carbocycles. The average molecular weight is 327 g/mol. The van der Waals surface area contributed by atoms with Crippen molar-refractivity contribution in [1.82, 2.24) is 14.0 Å². The van der Waals surface area contributed by atoms with Crippen LogP contribution >= 0.6 is 11.3 Å². The second-order valence-corrected chi connectivity index (χ2v) is 7.26. The highest BCUT2D eigenvalue weighted by Gasteiger charge is 2.17. The van der Waals surface area contributed by atoms with Crippen molar-refractivity contribution in [1.29, 1.82) is 0 Å². The Labute approximate surface area is 141 Å². The lowest BCUT2D eigenvalue weighted by Gasteiger charge is -1.98. The van der Waals surface area contributed by atoms with Crippen molar-refractivity contribution in [3.63, 3.8) is 0 Å². The summed E-state index contributed by atoms with van der Waals surface area (Å²) in [6, 6.07) is 21.5. The van der Waals surface area contributed by atoms with Crippen LogP contribution in [0.25, 0.3) is 48.0 Å². The summed E-state index contributed by atoms with van der Waals surface area (Å²) in [7, 11) is 2.12. The van der Waals surface area contributed by atoms with E-state index in [1.54, 1.807) is 0 Å². The molecule has 0 aliphatic carbocycles. The fraction of sp³-hybridized carbons (Fsp3) is 0.0500. The standard InChI is InChI=1S/C20H13N3S/c1-22-18-16(23-15-8-4-3-7-14(15)21-20(22)23)11-10-13-12-6-2-5-9-17(12)24-19(13)18/h2-11H,1H3. The van der Waals surface area contributed by atoms with Gasteiger partial charge in [-0.2, -0.15) is 0 Å². The molecule has 0 unspecified atom stereocenters. The minimum Gasteiger partial charge on any atom is -0.311 e. The molecule has 3 aromatic heterocycles. The molecule has 0 saturated heterocycles. The van der Waals surface area contributed by atoms with E-state index >= 15 is 0 Å². The molecule has 6 aromatic rings. The van der Waals surface area contributed by atoms with Crippen molar-refractivity contribution in [2.75, 3.05) is 0 Å². The molecule has 0 aliphatic rings. The summed E-state index contributed by atoms with van der Waals surface area (Å²) in [5.41, 5.74) is 4.70. The number of fused-ring (bicyclic) bond motifs is 9.